The number of methoxy groups -OCH3 is 1. The summed E-state index contributed by atoms with van der Waals surface area (Å²) in [5.41, 5.74) is 6.39. The van der Waals surface area contributed by atoms with Crippen LogP contribution in [-0.4, -0.2) is 45.3 Å². The fourth-order valence-electron chi connectivity index (χ4n) is 3.42. The third-order valence-corrected chi connectivity index (χ3v) is 6.62. The van der Waals surface area contributed by atoms with Gasteiger partial charge in [-0.25, -0.2) is 13.1 Å². The molecule has 0 spiro atoms. The molecule has 1 saturated heterocycles. The van der Waals surface area contributed by atoms with Gasteiger partial charge < -0.3 is 15.4 Å². The first-order valence-electron chi connectivity index (χ1n) is 9.62. The Morgan fingerprint density at radius 1 is 1.13 bits per heavy atom. The molecule has 0 unspecified atom stereocenters. The number of likely N-dealkylation sites (tertiary alicyclic amines) is 1. The lowest BCUT2D eigenvalue weighted by Crippen LogP contribution is -2.41. The summed E-state index contributed by atoms with van der Waals surface area (Å²) in [6.45, 7) is 0.907. The van der Waals surface area contributed by atoms with Crippen molar-refractivity contribution in [3.8, 4) is 5.75 Å². The van der Waals surface area contributed by atoms with Crippen molar-refractivity contribution in [1.29, 1.82) is 0 Å². The normalized spacial score (nSPS) is 15.0. The molecule has 0 bridgehead atoms. The van der Waals surface area contributed by atoms with E-state index in [9.17, 15) is 18.0 Å². The van der Waals surface area contributed by atoms with Crippen molar-refractivity contribution in [2.24, 2.45) is 11.7 Å². The Balaban J connectivity index is 1.79. The minimum atomic E-state index is -3.91. The van der Waals surface area contributed by atoms with Gasteiger partial charge in [0, 0.05) is 31.1 Å². The number of amides is 2. The molecule has 0 radical (unpaired) electrons. The topological polar surface area (TPSA) is 119 Å². The molecule has 2 aromatic rings. The number of ether oxygens (including phenoxy) is 1. The number of primary amides is 1. The number of benzene rings is 2. The van der Waals surface area contributed by atoms with Crippen molar-refractivity contribution >= 4 is 21.8 Å². The first kappa shape index (κ1) is 21.8. The Kier molecular flexibility index (Phi) is 6.73. The number of carbonyl (C=O) groups excluding carboxylic acids is 2. The number of nitrogens with two attached hydrogens (primary N) is 1. The lowest BCUT2D eigenvalue weighted by molar-refractivity contribution is -0.123. The molecule has 1 aliphatic rings. The first-order valence-corrected chi connectivity index (χ1v) is 11.1. The van der Waals surface area contributed by atoms with Crippen LogP contribution in [0.4, 0.5) is 0 Å². The van der Waals surface area contributed by atoms with Gasteiger partial charge in [-0.15, -0.1) is 0 Å². The molecule has 0 aliphatic carbocycles. The maximum absolute atomic E-state index is 12.9. The van der Waals surface area contributed by atoms with Crippen molar-refractivity contribution in [2.75, 3.05) is 20.2 Å². The van der Waals surface area contributed by atoms with Crippen molar-refractivity contribution < 1.29 is 22.7 Å². The van der Waals surface area contributed by atoms with Gasteiger partial charge in [-0.3, -0.25) is 9.59 Å². The smallest absolute Gasteiger partial charge is 0.253 e. The predicted octanol–water partition coefficient (Wildman–Crippen LogP) is 1.51. The Morgan fingerprint density at radius 2 is 1.80 bits per heavy atom. The van der Waals surface area contributed by atoms with Gasteiger partial charge in [-0.05, 0) is 36.6 Å². The van der Waals surface area contributed by atoms with E-state index in [0.717, 1.165) is 5.56 Å². The molecule has 3 rings (SSSR count). The van der Waals surface area contributed by atoms with E-state index in [1.54, 1.807) is 4.90 Å². The van der Waals surface area contributed by atoms with Crippen LogP contribution in [-0.2, 0) is 21.4 Å². The zero-order chi connectivity index (χ0) is 21.7. The largest absolute Gasteiger partial charge is 0.495 e. The molecule has 3 N–H and O–H groups in total. The van der Waals surface area contributed by atoms with Crippen molar-refractivity contribution in [3.63, 3.8) is 0 Å². The Labute approximate surface area is 176 Å². The van der Waals surface area contributed by atoms with Gasteiger partial charge in [0.2, 0.25) is 15.9 Å². The van der Waals surface area contributed by atoms with Gasteiger partial charge in [0.15, 0.2) is 0 Å². The highest BCUT2D eigenvalue weighted by Crippen LogP contribution is 2.27. The zero-order valence-electron chi connectivity index (χ0n) is 16.7. The molecular weight excluding hydrogens is 406 g/mol. The molecule has 1 fully saturated rings. The van der Waals surface area contributed by atoms with Crippen molar-refractivity contribution in [1.82, 2.24) is 9.62 Å². The average Bonchev–Trinajstić information content (AvgIpc) is 2.77. The molecular formula is C21H25N3O5S. The van der Waals surface area contributed by atoms with E-state index >= 15 is 0 Å². The third-order valence-electron chi connectivity index (χ3n) is 5.19. The van der Waals surface area contributed by atoms with Crippen LogP contribution in [0.3, 0.4) is 0 Å². The van der Waals surface area contributed by atoms with Crippen LogP contribution in [0.2, 0.25) is 0 Å². The standard InChI is InChI=1S/C21H25N3O5S/c1-29-18-8-7-17(21(26)24-11-9-16(10-12-24)20(22)25)13-19(18)30(27,28)23-14-15-5-3-2-4-6-15/h2-8,13,16,23H,9-12,14H2,1H3,(H2,22,25). The summed E-state index contributed by atoms with van der Waals surface area (Å²) >= 11 is 0. The molecule has 1 heterocycles. The van der Waals surface area contributed by atoms with Crippen LogP contribution >= 0.6 is 0 Å². The Bertz CT molecular complexity index is 1020. The summed E-state index contributed by atoms with van der Waals surface area (Å²) in [4.78, 5) is 25.7. The lowest BCUT2D eigenvalue weighted by Gasteiger charge is -2.30. The maximum atomic E-state index is 12.9. The minimum Gasteiger partial charge on any atom is -0.495 e. The summed E-state index contributed by atoms with van der Waals surface area (Å²) in [7, 11) is -2.54. The number of nitrogens with zero attached hydrogens (tertiary/aromatic N) is 1. The first-order chi connectivity index (χ1) is 14.3. The number of hydrogen-bond donors (Lipinski definition) is 2. The van der Waals surface area contributed by atoms with Gasteiger partial charge in [-0.2, -0.15) is 0 Å². The molecule has 0 saturated carbocycles. The van der Waals surface area contributed by atoms with Crippen LogP contribution < -0.4 is 15.2 Å². The number of hydrogen-bond acceptors (Lipinski definition) is 5. The second-order valence-electron chi connectivity index (χ2n) is 7.14. The van der Waals surface area contributed by atoms with E-state index in [1.807, 2.05) is 30.3 Å². The second kappa shape index (κ2) is 9.27. The molecule has 1 aliphatic heterocycles. The highest BCUT2D eigenvalue weighted by Gasteiger charge is 2.28. The monoisotopic (exact) mass is 431 g/mol. The summed E-state index contributed by atoms with van der Waals surface area (Å²) in [5, 5.41) is 0. The van der Waals surface area contributed by atoms with Crippen molar-refractivity contribution in [3.05, 3.63) is 59.7 Å². The van der Waals surface area contributed by atoms with E-state index < -0.39 is 10.0 Å². The molecule has 8 nitrogen and oxygen atoms in total. The van der Waals surface area contributed by atoms with E-state index in [1.165, 1.54) is 25.3 Å². The van der Waals surface area contributed by atoms with Gasteiger partial charge in [0.05, 0.1) is 7.11 Å². The third kappa shape index (κ3) is 4.98. The Hall–Kier alpha value is -2.91. The zero-order valence-corrected chi connectivity index (χ0v) is 17.5. The van der Waals surface area contributed by atoms with E-state index in [-0.39, 0.29) is 40.5 Å². The molecule has 0 aromatic heterocycles. The summed E-state index contributed by atoms with van der Waals surface area (Å²) in [6.07, 6.45) is 1.00. The molecule has 160 valence electrons. The van der Waals surface area contributed by atoms with Gasteiger partial charge in [0.25, 0.3) is 5.91 Å². The summed E-state index contributed by atoms with van der Waals surface area (Å²) < 4.78 is 33.5. The van der Waals surface area contributed by atoms with E-state index in [2.05, 4.69) is 4.72 Å². The van der Waals surface area contributed by atoms with Crippen LogP contribution in [0, 0.1) is 5.92 Å². The molecule has 30 heavy (non-hydrogen) atoms. The molecule has 0 atom stereocenters. The lowest BCUT2D eigenvalue weighted by atomic mass is 9.96. The van der Waals surface area contributed by atoms with Crippen molar-refractivity contribution in [2.45, 2.75) is 24.3 Å². The second-order valence-corrected chi connectivity index (χ2v) is 8.88. The molecule has 2 aromatic carbocycles. The number of piperidine rings is 1. The quantitative estimate of drug-likeness (QED) is 0.689. The van der Waals surface area contributed by atoms with E-state index in [4.69, 9.17) is 10.5 Å². The van der Waals surface area contributed by atoms with Crippen LogP contribution in [0.15, 0.2) is 53.4 Å². The van der Waals surface area contributed by atoms with E-state index in [0.29, 0.717) is 25.9 Å². The number of rotatable bonds is 7. The summed E-state index contributed by atoms with van der Waals surface area (Å²) in [5.74, 6) is -0.730. The number of carbonyl (C=O) groups is 2. The highest BCUT2D eigenvalue weighted by molar-refractivity contribution is 7.89. The fourth-order valence-corrected chi connectivity index (χ4v) is 4.63. The van der Waals surface area contributed by atoms with Crippen LogP contribution in [0.1, 0.15) is 28.8 Å². The number of sulfonamides is 1. The Morgan fingerprint density at radius 3 is 2.40 bits per heavy atom. The minimum absolute atomic E-state index is 0.0983. The van der Waals surface area contributed by atoms with Gasteiger partial charge >= 0.3 is 0 Å². The highest BCUT2D eigenvalue weighted by atomic mass is 32.2. The maximum Gasteiger partial charge on any atom is 0.253 e. The van der Waals surface area contributed by atoms with Crippen LogP contribution in [0.5, 0.6) is 5.75 Å². The summed E-state index contributed by atoms with van der Waals surface area (Å²) in [6, 6.07) is 13.5. The van der Waals surface area contributed by atoms with Gasteiger partial charge in [0.1, 0.15) is 10.6 Å². The molecule has 2 amide bonds. The molecule has 9 heteroatoms. The number of nitrogens with one attached hydrogen (secondary N) is 1. The predicted molar refractivity (Wildman–Crippen MR) is 111 cm³/mol. The fraction of sp³-hybridized carbons (Fsp3) is 0.333. The van der Waals surface area contributed by atoms with Crippen LogP contribution in [0.25, 0.3) is 0 Å². The SMILES string of the molecule is COc1ccc(C(=O)N2CCC(C(N)=O)CC2)cc1S(=O)(=O)NCc1ccccc1. The van der Waals surface area contributed by atoms with Gasteiger partial charge in [-0.1, -0.05) is 30.3 Å². The average molecular weight is 432 g/mol.